The van der Waals surface area contributed by atoms with Crippen molar-refractivity contribution in [3.8, 4) is 0 Å². The lowest BCUT2D eigenvalue weighted by molar-refractivity contribution is 0.610. The van der Waals surface area contributed by atoms with Crippen LogP contribution < -0.4 is 0 Å². The number of hydrogen-bond donors (Lipinski definition) is 0. The van der Waals surface area contributed by atoms with Crippen LogP contribution in [0.15, 0.2) is 23.0 Å². The molecule has 2 nitrogen and oxygen atoms in total. The second-order valence-corrected chi connectivity index (χ2v) is 4.24. The lowest BCUT2D eigenvalue weighted by Gasteiger charge is -1.90. The fourth-order valence-corrected chi connectivity index (χ4v) is 1.90. The van der Waals surface area contributed by atoms with Crippen molar-refractivity contribution < 1.29 is 8.42 Å². The molecule has 3 heteroatoms. The molecule has 1 heterocycles. The van der Waals surface area contributed by atoms with E-state index in [0.717, 1.165) is 0 Å². The summed E-state index contributed by atoms with van der Waals surface area (Å²) in [5, 5.41) is 0. The van der Waals surface area contributed by atoms with Gasteiger partial charge in [-0.15, -0.1) is 0 Å². The van der Waals surface area contributed by atoms with Crippen LogP contribution in [0.25, 0.3) is 0 Å². The minimum absolute atomic E-state index is 0.313. The molecule has 0 spiro atoms. The van der Waals surface area contributed by atoms with Gasteiger partial charge in [-0.2, -0.15) is 0 Å². The SMILES string of the molecule is C=C1CCC(=C)S1(=O)=O. The van der Waals surface area contributed by atoms with Crippen molar-refractivity contribution in [1.82, 2.24) is 0 Å². The Hall–Kier alpha value is -0.570. The van der Waals surface area contributed by atoms with Crippen molar-refractivity contribution >= 4 is 9.84 Å². The number of sulfone groups is 1. The highest BCUT2D eigenvalue weighted by atomic mass is 32.2. The summed E-state index contributed by atoms with van der Waals surface area (Å²) < 4.78 is 21.8. The molecule has 1 fully saturated rings. The Balaban J connectivity index is 3.23. The molecule has 0 bridgehead atoms. The Bertz CT molecular complexity index is 237. The molecule has 0 saturated carbocycles. The molecular weight excluding hydrogens is 136 g/mol. The Morgan fingerprint density at radius 3 is 1.56 bits per heavy atom. The zero-order valence-corrected chi connectivity index (χ0v) is 5.87. The van der Waals surface area contributed by atoms with E-state index in [9.17, 15) is 8.42 Å². The highest BCUT2D eigenvalue weighted by Gasteiger charge is 2.26. The molecule has 50 valence electrons. The van der Waals surface area contributed by atoms with E-state index in [1.54, 1.807) is 0 Å². The van der Waals surface area contributed by atoms with Gasteiger partial charge in [0.15, 0.2) is 9.84 Å². The van der Waals surface area contributed by atoms with Gasteiger partial charge < -0.3 is 0 Å². The fraction of sp³-hybridized carbons (Fsp3) is 0.333. The molecule has 0 aromatic heterocycles. The quantitative estimate of drug-likeness (QED) is 0.512. The summed E-state index contributed by atoms with van der Waals surface area (Å²) in [6, 6.07) is 0. The normalized spacial score (nSPS) is 24.9. The van der Waals surface area contributed by atoms with Crippen LogP contribution in [-0.4, -0.2) is 8.42 Å². The molecule has 1 saturated heterocycles. The van der Waals surface area contributed by atoms with E-state index in [-0.39, 0.29) is 0 Å². The number of allylic oxidation sites excluding steroid dienone is 2. The van der Waals surface area contributed by atoms with E-state index in [1.165, 1.54) is 0 Å². The molecule has 1 aliphatic rings. The predicted molar refractivity (Wildman–Crippen MR) is 36.4 cm³/mol. The third-order valence-electron chi connectivity index (χ3n) is 1.44. The van der Waals surface area contributed by atoms with E-state index in [2.05, 4.69) is 13.2 Å². The minimum Gasteiger partial charge on any atom is -0.219 e. The predicted octanol–water partition coefficient (Wildman–Crippen LogP) is 1.22. The zero-order chi connectivity index (χ0) is 7.07. The Labute approximate surface area is 54.8 Å². The van der Waals surface area contributed by atoms with Gasteiger partial charge in [-0.05, 0) is 12.8 Å². The molecule has 0 aromatic carbocycles. The van der Waals surface area contributed by atoms with E-state index in [0.29, 0.717) is 22.7 Å². The lowest BCUT2D eigenvalue weighted by atomic mass is 10.3. The smallest absolute Gasteiger partial charge is 0.197 e. The van der Waals surface area contributed by atoms with E-state index in [4.69, 9.17) is 0 Å². The monoisotopic (exact) mass is 144 g/mol. The van der Waals surface area contributed by atoms with Gasteiger partial charge >= 0.3 is 0 Å². The van der Waals surface area contributed by atoms with Gasteiger partial charge in [-0.3, -0.25) is 0 Å². The summed E-state index contributed by atoms with van der Waals surface area (Å²) in [4.78, 5) is 0.625. The number of rotatable bonds is 0. The molecule has 0 aromatic rings. The van der Waals surface area contributed by atoms with Gasteiger partial charge in [0.2, 0.25) is 0 Å². The molecule has 0 unspecified atom stereocenters. The molecule has 1 rings (SSSR count). The number of hydrogen-bond acceptors (Lipinski definition) is 2. The third kappa shape index (κ3) is 0.812. The Kier molecular flexibility index (Phi) is 1.24. The van der Waals surface area contributed by atoms with Crippen LogP contribution in [0.1, 0.15) is 12.8 Å². The van der Waals surface area contributed by atoms with Crippen LogP contribution in [0.4, 0.5) is 0 Å². The molecular formula is C6H8O2S. The molecule has 1 aliphatic heterocycles. The summed E-state index contributed by atoms with van der Waals surface area (Å²) in [5.74, 6) is 0. The zero-order valence-electron chi connectivity index (χ0n) is 5.05. The second kappa shape index (κ2) is 1.70. The van der Waals surface area contributed by atoms with Gasteiger partial charge in [-0.1, -0.05) is 13.2 Å². The summed E-state index contributed by atoms with van der Waals surface area (Å²) >= 11 is 0. The van der Waals surface area contributed by atoms with Crippen LogP contribution in [0, 0.1) is 0 Å². The van der Waals surface area contributed by atoms with Crippen molar-refractivity contribution in [2.75, 3.05) is 0 Å². The molecule has 9 heavy (non-hydrogen) atoms. The molecule has 0 radical (unpaired) electrons. The van der Waals surface area contributed by atoms with Crippen molar-refractivity contribution in [2.24, 2.45) is 0 Å². The highest BCUT2D eigenvalue weighted by Crippen LogP contribution is 2.30. The third-order valence-corrected chi connectivity index (χ3v) is 3.37. The lowest BCUT2D eigenvalue weighted by Crippen LogP contribution is -1.93. The van der Waals surface area contributed by atoms with E-state index < -0.39 is 9.84 Å². The minimum atomic E-state index is -3.09. The summed E-state index contributed by atoms with van der Waals surface area (Å²) in [7, 11) is -3.09. The molecule has 0 amide bonds. The van der Waals surface area contributed by atoms with Crippen molar-refractivity contribution in [1.29, 1.82) is 0 Å². The standard InChI is InChI=1S/C6H8O2S/c1-5-3-4-6(2)9(5,7)8/h1-4H2. The molecule has 0 atom stereocenters. The van der Waals surface area contributed by atoms with Crippen molar-refractivity contribution in [3.63, 3.8) is 0 Å². The van der Waals surface area contributed by atoms with E-state index >= 15 is 0 Å². The van der Waals surface area contributed by atoms with Crippen LogP contribution in [0.3, 0.4) is 0 Å². The first-order chi connectivity index (χ1) is 4.05. The van der Waals surface area contributed by atoms with Crippen molar-refractivity contribution in [3.05, 3.63) is 23.0 Å². The Morgan fingerprint density at radius 2 is 1.44 bits per heavy atom. The van der Waals surface area contributed by atoms with Crippen LogP contribution in [0.2, 0.25) is 0 Å². The van der Waals surface area contributed by atoms with Gasteiger partial charge in [0.25, 0.3) is 0 Å². The summed E-state index contributed by atoms with van der Waals surface area (Å²) in [5.41, 5.74) is 0. The van der Waals surface area contributed by atoms with Crippen LogP contribution in [-0.2, 0) is 9.84 Å². The molecule has 0 aliphatic carbocycles. The summed E-state index contributed by atoms with van der Waals surface area (Å²) in [6.45, 7) is 6.82. The van der Waals surface area contributed by atoms with Crippen LogP contribution in [0.5, 0.6) is 0 Å². The highest BCUT2D eigenvalue weighted by molar-refractivity contribution is 7.99. The van der Waals surface area contributed by atoms with Gasteiger partial charge in [-0.25, -0.2) is 8.42 Å². The van der Waals surface area contributed by atoms with E-state index in [1.807, 2.05) is 0 Å². The van der Waals surface area contributed by atoms with Gasteiger partial charge in [0.1, 0.15) is 0 Å². The average Bonchev–Trinajstić information content (AvgIpc) is 1.96. The molecule has 0 N–H and O–H groups in total. The first kappa shape index (κ1) is 6.55. The second-order valence-electron chi connectivity index (χ2n) is 2.08. The largest absolute Gasteiger partial charge is 0.219 e. The summed E-state index contributed by atoms with van der Waals surface area (Å²) in [6.07, 6.45) is 1.11. The first-order valence-corrected chi connectivity index (χ1v) is 4.14. The van der Waals surface area contributed by atoms with Gasteiger partial charge in [0, 0.05) is 9.81 Å². The maximum absolute atomic E-state index is 10.9. The van der Waals surface area contributed by atoms with Gasteiger partial charge in [0.05, 0.1) is 0 Å². The maximum atomic E-state index is 10.9. The maximum Gasteiger partial charge on any atom is 0.197 e. The van der Waals surface area contributed by atoms with Crippen molar-refractivity contribution in [2.45, 2.75) is 12.8 Å². The first-order valence-electron chi connectivity index (χ1n) is 2.66. The Morgan fingerprint density at radius 1 is 1.11 bits per heavy atom. The van der Waals surface area contributed by atoms with Crippen LogP contribution >= 0.6 is 0 Å². The average molecular weight is 144 g/mol. The fourth-order valence-electron chi connectivity index (χ4n) is 0.752. The topological polar surface area (TPSA) is 34.1 Å².